The third kappa shape index (κ3) is 6.80. The van der Waals surface area contributed by atoms with Crippen LogP contribution in [0, 0.1) is 0 Å². The van der Waals surface area contributed by atoms with Gasteiger partial charge in [0.25, 0.3) is 0 Å². The molecule has 0 amide bonds. The summed E-state index contributed by atoms with van der Waals surface area (Å²) in [5, 5.41) is 0.879. The smallest absolute Gasteiger partial charge is 0.195 e. The van der Waals surface area contributed by atoms with Crippen LogP contribution >= 0.6 is 11.3 Å². The van der Waals surface area contributed by atoms with Gasteiger partial charge in [-0.15, -0.1) is 11.3 Å². The van der Waals surface area contributed by atoms with Gasteiger partial charge in [0.15, 0.2) is 5.78 Å². The van der Waals surface area contributed by atoms with Crippen LogP contribution < -0.4 is 14.2 Å². The number of carbonyl (C=O) groups is 1. The molecular formula is C38H32N4O4S. The van der Waals surface area contributed by atoms with Crippen LogP contribution in [-0.2, 0) is 19.7 Å². The van der Waals surface area contributed by atoms with Gasteiger partial charge >= 0.3 is 0 Å². The Balaban J connectivity index is 1.21. The van der Waals surface area contributed by atoms with E-state index < -0.39 is 0 Å². The molecule has 8 nitrogen and oxygen atoms in total. The second kappa shape index (κ2) is 13.8. The van der Waals surface area contributed by atoms with Gasteiger partial charge in [-0.1, -0.05) is 42.5 Å². The highest BCUT2D eigenvalue weighted by molar-refractivity contribution is 7.22. The van der Waals surface area contributed by atoms with Gasteiger partial charge in [0.1, 0.15) is 30.5 Å². The van der Waals surface area contributed by atoms with E-state index in [9.17, 15) is 4.79 Å². The van der Waals surface area contributed by atoms with Crippen LogP contribution in [0.1, 0.15) is 27.0 Å². The van der Waals surface area contributed by atoms with Gasteiger partial charge in [-0.2, -0.15) is 0 Å². The van der Waals surface area contributed by atoms with Gasteiger partial charge in [-0.25, -0.2) is 9.97 Å². The molecule has 0 aliphatic heterocycles. The Hall–Kier alpha value is -5.67. The van der Waals surface area contributed by atoms with Crippen molar-refractivity contribution in [3.8, 4) is 27.7 Å². The molecule has 0 saturated heterocycles. The summed E-state index contributed by atoms with van der Waals surface area (Å²) in [7, 11) is 1.63. The number of nitrogens with zero attached hydrogens (tertiary/aromatic N) is 4. The Morgan fingerprint density at radius 3 is 2.32 bits per heavy atom. The molecular weight excluding hydrogens is 609 g/mol. The standard InChI is InChI=1S/C38H32N4O4S/c1-44-34-21-29(7-8-30(34)23-42-18-16-40-26-42)37(43)36-33-14-13-32(46-24-27-5-3-2-4-6-27)22-35(33)47-38(36)28-9-11-31(12-10-28)45-20-19-41-17-15-39-25-41/h2-18,21-22,25-26H,19-20,23-24H2,1H3. The fourth-order valence-electron chi connectivity index (χ4n) is 5.46. The van der Waals surface area contributed by atoms with Gasteiger partial charge in [0.05, 0.1) is 32.9 Å². The van der Waals surface area contributed by atoms with E-state index in [2.05, 4.69) is 9.97 Å². The summed E-state index contributed by atoms with van der Waals surface area (Å²) < 4.78 is 22.8. The fourth-order valence-corrected chi connectivity index (χ4v) is 6.70. The van der Waals surface area contributed by atoms with Crippen LogP contribution in [0.15, 0.2) is 128 Å². The number of carbonyl (C=O) groups excluding carboxylic acids is 1. The van der Waals surface area contributed by atoms with Crippen LogP contribution in [0.2, 0.25) is 0 Å². The molecule has 3 aromatic heterocycles. The van der Waals surface area contributed by atoms with E-state index in [4.69, 9.17) is 14.2 Å². The van der Waals surface area contributed by atoms with E-state index in [0.29, 0.717) is 43.2 Å². The van der Waals surface area contributed by atoms with Gasteiger partial charge in [-0.3, -0.25) is 4.79 Å². The lowest BCUT2D eigenvalue weighted by molar-refractivity contribution is 0.104. The van der Waals surface area contributed by atoms with Crippen LogP contribution in [-0.4, -0.2) is 38.6 Å². The molecule has 7 aromatic rings. The van der Waals surface area contributed by atoms with Crippen molar-refractivity contribution in [2.45, 2.75) is 19.7 Å². The molecule has 0 fully saturated rings. The number of rotatable bonds is 13. The van der Waals surface area contributed by atoms with Gasteiger partial charge in [0.2, 0.25) is 0 Å². The fraction of sp³-hybridized carbons (Fsp3) is 0.132. The quantitative estimate of drug-likeness (QED) is 0.119. The first kappa shape index (κ1) is 30.0. The lowest BCUT2D eigenvalue weighted by atomic mass is 9.96. The van der Waals surface area contributed by atoms with Crippen LogP contribution in [0.3, 0.4) is 0 Å². The molecule has 9 heteroatoms. The van der Waals surface area contributed by atoms with E-state index in [1.54, 1.807) is 43.5 Å². The summed E-state index contributed by atoms with van der Waals surface area (Å²) in [6, 6.07) is 29.6. The van der Waals surface area contributed by atoms with E-state index >= 15 is 0 Å². The predicted octanol–water partition coefficient (Wildman–Crippen LogP) is 7.91. The second-order valence-electron chi connectivity index (χ2n) is 11.0. The zero-order valence-corrected chi connectivity index (χ0v) is 26.6. The van der Waals surface area contributed by atoms with Gasteiger partial charge in [0, 0.05) is 56.4 Å². The number of ketones is 1. The molecule has 0 atom stereocenters. The highest BCUT2D eigenvalue weighted by Crippen LogP contribution is 2.42. The highest BCUT2D eigenvalue weighted by Gasteiger charge is 2.23. The molecule has 4 aromatic carbocycles. The Labute approximate surface area is 276 Å². The summed E-state index contributed by atoms with van der Waals surface area (Å²) >= 11 is 1.58. The van der Waals surface area contributed by atoms with Crippen molar-refractivity contribution in [3.63, 3.8) is 0 Å². The lowest BCUT2D eigenvalue weighted by Crippen LogP contribution is -2.06. The van der Waals surface area contributed by atoms with Crippen LogP contribution in [0.5, 0.6) is 17.2 Å². The van der Waals surface area contributed by atoms with Crippen LogP contribution in [0.25, 0.3) is 20.5 Å². The number of fused-ring (bicyclic) bond motifs is 1. The minimum absolute atomic E-state index is 0.0719. The average Bonchev–Trinajstić information content (AvgIpc) is 3.90. The number of imidazole rings is 2. The molecule has 0 spiro atoms. The largest absolute Gasteiger partial charge is 0.496 e. The Bertz CT molecular complexity index is 2090. The second-order valence-corrected chi connectivity index (χ2v) is 12.1. The topological polar surface area (TPSA) is 80.4 Å². The third-order valence-corrected chi connectivity index (χ3v) is 9.09. The van der Waals surface area contributed by atoms with Crippen molar-refractivity contribution in [1.29, 1.82) is 0 Å². The van der Waals surface area contributed by atoms with Crippen molar-refractivity contribution >= 4 is 27.2 Å². The first-order valence-electron chi connectivity index (χ1n) is 15.2. The zero-order chi connectivity index (χ0) is 32.0. The number of aromatic nitrogens is 4. The summed E-state index contributed by atoms with van der Waals surface area (Å²) in [4.78, 5) is 23.5. The Morgan fingerprint density at radius 2 is 1.57 bits per heavy atom. The van der Waals surface area contributed by atoms with Crippen molar-refractivity contribution in [1.82, 2.24) is 19.1 Å². The first-order valence-corrected chi connectivity index (χ1v) is 16.1. The molecule has 0 radical (unpaired) electrons. The summed E-state index contributed by atoms with van der Waals surface area (Å²) in [5.74, 6) is 2.09. The molecule has 0 bridgehead atoms. The van der Waals surface area contributed by atoms with Crippen molar-refractivity contribution in [2.24, 2.45) is 0 Å². The van der Waals surface area contributed by atoms with E-state index in [1.165, 1.54) is 0 Å². The molecule has 0 unspecified atom stereocenters. The normalized spacial score (nSPS) is 11.1. The summed E-state index contributed by atoms with van der Waals surface area (Å²) in [5.41, 5.74) is 4.19. The van der Waals surface area contributed by atoms with Crippen molar-refractivity contribution in [2.75, 3.05) is 13.7 Å². The molecule has 0 aliphatic rings. The third-order valence-electron chi connectivity index (χ3n) is 7.89. The lowest BCUT2D eigenvalue weighted by Gasteiger charge is -2.12. The van der Waals surface area contributed by atoms with E-state index in [1.807, 2.05) is 113 Å². The number of benzene rings is 4. The van der Waals surface area contributed by atoms with E-state index in [-0.39, 0.29) is 5.78 Å². The minimum atomic E-state index is -0.0719. The molecule has 0 aliphatic carbocycles. The first-order chi connectivity index (χ1) is 23.1. The zero-order valence-electron chi connectivity index (χ0n) is 25.8. The maximum absolute atomic E-state index is 14.4. The average molecular weight is 641 g/mol. The highest BCUT2D eigenvalue weighted by atomic mass is 32.1. The number of hydrogen-bond acceptors (Lipinski definition) is 7. The number of ether oxygens (including phenoxy) is 3. The predicted molar refractivity (Wildman–Crippen MR) is 184 cm³/mol. The molecule has 0 N–H and O–H groups in total. The number of hydrogen-bond donors (Lipinski definition) is 0. The SMILES string of the molecule is COc1cc(C(=O)c2c(-c3ccc(OCCn4ccnc4)cc3)sc3cc(OCc4ccccc4)ccc23)ccc1Cn1ccnc1. The van der Waals surface area contributed by atoms with Crippen LogP contribution in [0.4, 0.5) is 0 Å². The van der Waals surface area contributed by atoms with Crippen molar-refractivity contribution < 1.29 is 19.0 Å². The maximum Gasteiger partial charge on any atom is 0.195 e. The Morgan fingerprint density at radius 1 is 0.809 bits per heavy atom. The summed E-state index contributed by atoms with van der Waals surface area (Å²) in [6.45, 7) is 2.28. The Kier molecular flexibility index (Phi) is 8.79. The minimum Gasteiger partial charge on any atom is -0.496 e. The molecule has 0 saturated carbocycles. The monoisotopic (exact) mass is 640 g/mol. The van der Waals surface area contributed by atoms with Crippen molar-refractivity contribution in [3.05, 3.63) is 151 Å². The number of thiophene rings is 1. The maximum atomic E-state index is 14.4. The molecule has 7 rings (SSSR count). The van der Waals surface area contributed by atoms with E-state index in [0.717, 1.165) is 43.2 Å². The van der Waals surface area contributed by atoms with Gasteiger partial charge in [-0.05, 0) is 59.7 Å². The summed E-state index contributed by atoms with van der Waals surface area (Å²) in [6.07, 6.45) is 10.8. The molecule has 234 valence electrons. The van der Waals surface area contributed by atoms with Gasteiger partial charge < -0.3 is 23.3 Å². The molecule has 47 heavy (non-hydrogen) atoms. The molecule has 3 heterocycles. The number of methoxy groups -OCH3 is 1.